The Labute approximate surface area is 91.9 Å². The maximum Gasteiger partial charge on any atom is 0.0346 e. The highest BCUT2D eigenvalue weighted by Crippen LogP contribution is 2.19. The van der Waals surface area contributed by atoms with Gasteiger partial charge in [-0.3, -0.25) is 0 Å². The van der Waals surface area contributed by atoms with Crippen molar-refractivity contribution in [2.45, 2.75) is 26.2 Å². The summed E-state index contributed by atoms with van der Waals surface area (Å²) in [5.74, 6) is 0.792. The Morgan fingerprint density at radius 2 is 2.33 bits per heavy atom. The van der Waals surface area contributed by atoms with E-state index in [4.69, 9.17) is 5.73 Å². The molecule has 0 aliphatic carbocycles. The number of hydrogen-bond acceptors (Lipinski definition) is 2. The van der Waals surface area contributed by atoms with E-state index in [0.29, 0.717) is 0 Å². The Kier molecular flexibility index (Phi) is 3.27. The quantitative estimate of drug-likeness (QED) is 0.724. The van der Waals surface area contributed by atoms with Crippen LogP contribution in [0.25, 0.3) is 0 Å². The number of nitrogens with one attached hydrogen (secondary N) is 1. The highest BCUT2D eigenvalue weighted by molar-refractivity contribution is 5.48. The summed E-state index contributed by atoms with van der Waals surface area (Å²) in [6.45, 7) is 4.40. The van der Waals surface area contributed by atoms with Crippen LogP contribution in [-0.2, 0) is 6.42 Å². The van der Waals surface area contributed by atoms with E-state index in [1.165, 1.54) is 30.5 Å². The summed E-state index contributed by atoms with van der Waals surface area (Å²) >= 11 is 0. The SMILES string of the molecule is Cc1ccc(CC2CCCNC2)cc1N. The number of anilines is 1. The van der Waals surface area contributed by atoms with Crippen molar-refractivity contribution in [3.8, 4) is 0 Å². The molecule has 1 atom stereocenters. The molecule has 0 saturated carbocycles. The maximum atomic E-state index is 5.91. The van der Waals surface area contributed by atoms with Crippen molar-refractivity contribution in [2.24, 2.45) is 5.92 Å². The van der Waals surface area contributed by atoms with Gasteiger partial charge in [-0.05, 0) is 62.4 Å². The zero-order valence-corrected chi connectivity index (χ0v) is 9.42. The lowest BCUT2D eigenvalue weighted by atomic mass is 9.92. The molecule has 1 unspecified atom stereocenters. The molecule has 2 heteroatoms. The first-order valence-corrected chi connectivity index (χ1v) is 5.81. The van der Waals surface area contributed by atoms with Gasteiger partial charge in [0.2, 0.25) is 0 Å². The Hall–Kier alpha value is -1.02. The minimum absolute atomic E-state index is 0.792. The van der Waals surface area contributed by atoms with Crippen molar-refractivity contribution in [1.82, 2.24) is 5.32 Å². The zero-order valence-electron chi connectivity index (χ0n) is 9.42. The van der Waals surface area contributed by atoms with Crippen LogP contribution in [0, 0.1) is 12.8 Å². The molecule has 1 saturated heterocycles. The second-order valence-corrected chi connectivity index (χ2v) is 4.61. The van der Waals surface area contributed by atoms with Gasteiger partial charge in [-0.2, -0.15) is 0 Å². The topological polar surface area (TPSA) is 38.0 Å². The van der Waals surface area contributed by atoms with Crippen LogP contribution >= 0.6 is 0 Å². The van der Waals surface area contributed by atoms with Gasteiger partial charge >= 0.3 is 0 Å². The van der Waals surface area contributed by atoms with Crippen LogP contribution in [0.2, 0.25) is 0 Å². The van der Waals surface area contributed by atoms with Crippen molar-refractivity contribution in [2.75, 3.05) is 18.8 Å². The summed E-state index contributed by atoms with van der Waals surface area (Å²) in [4.78, 5) is 0. The predicted octanol–water partition coefficient (Wildman–Crippen LogP) is 2.12. The second-order valence-electron chi connectivity index (χ2n) is 4.61. The van der Waals surface area contributed by atoms with Gasteiger partial charge in [0.25, 0.3) is 0 Å². The van der Waals surface area contributed by atoms with Crippen molar-refractivity contribution in [1.29, 1.82) is 0 Å². The third-order valence-electron chi connectivity index (χ3n) is 3.27. The van der Waals surface area contributed by atoms with E-state index in [9.17, 15) is 0 Å². The number of hydrogen-bond donors (Lipinski definition) is 2. The number of nitrogens with two attached hydrogens (primary N) is 1. The van der Waals surface area contributed by atoms with E-state index in [0.717, 1.165) is 24.6 Å². The molecule has 1 aliphatic rings. The molecule has 15 heavy (non-hydrogen) atoms. The number of aryl methyl sites for hydroxylation is 1. The first kappa shape index (κ1) is 10.5. The van der Waals surface area contributed by atoms with Gasteiger partial charge in [-0.15, -0.1) is 0 Å². The largest absolute Gasteiger partial charge is 0.399 e. The first-order valence-electron chi connectivity index (χ1n) is 5.81. The monoisotopic (exact) mass is 204 g/mol. The Morgan fingerprint density at radius 3 is 3.00 bits per heavy atom. The molecule has 2 nitrogen and oxygen atoms in total. The molecule has 0 amide bonds. The second kappa shape index (κ2) is 4.67. The van der Waals surface area contributed by atoms with E-state index in [1.807, 2.05) is 0 Å². The zero-order chi connectivity index (χ0) is 10.7. The fraction of sp³-hybridized carbons (Fsp3) is 0.538. The molecular weight excluding hydrogens is 184 g/mol. The summed E-state index contributed by atoms with van der Waals surface area (Å²) in [7, 11) is 0. The van der Waals surface area contributed by atoms with Crippen LogP contribution < -0.4 is 11.1 Å². The minimum atomic E-state index is 0.792. The molecule has 0 aromatic heterocycles. The van der Waals surface area contributed by atoms with Crippen LogP contribution in [0.5, 0.6) is 0 Å². The molecule has 0 spiro atoms. The van der Waals surface area contributed by atoms with Gasteiger partial charge in [0, 0.05) is 5.69 Å². The van der Waals surface area contributed by atoms with Crippen molar-refractivity contribution in [3.05, 3.63) is 29.3 Å². The lowest BCUT2D eigenvalue weighted by Crippen LogP contribution is -2.30. The third kappa shape index (κ3) is 2.72. The summed E-state index contributed by atoms with van der Waals surface area (Å²) < 4.78 is 0. The number of piperidine rings is 1. The predicted molar refractivity (Wildman–Crippen MR) is 64.9 cm³/mol. The molecular formula is C13H20N2. The van der Waals surface area contributed by atoms with E-state index < -0.39 is 0 Å². The van der Waals surface area contributed by atoms with Gasteiger partial charge in [-0.25, -0.2) is 0 Å². The van der Waals surface area contributed by atoms with Crippen molar-refractivity contribution < 1.29 is 0 Å². The lowest BCUT2D eigenvalue weighted by Gasteiger charge is -2.22. The van der Waals surface area contributed by atoms with Crippen LogP contribution in [0.1, 0.15) is 24.0 Å². The van der Waals surface area contributed by atoms with Gasteiger partial charge < -0.3 is 11.1 Å². The van der Waals surface area contributed by atoms with E-state index in [-0.39, 0.29) is 0 Å². The number of benzene rings is 1. The molecule has 2 rings (SSSR count). The molecule has 82 valence electrons. The Balaban J connectivity index is 2.00. The third-order valence-corrected chi connectivity index (χ3v) is 3.27. The maximum absolute atomic E-state index is 5.91. The number of rotatable bonds is 2. The fourth-order valence-electron chi connectivity index (χ4n) is 2.25. The summed E-state index contributed by atoms with van der Waals surface area (Å²) in [6, 6.07) is 6.46. The molecule has 1 aliphatic heterocycles. The molecule has 1 heterocycles. The smallest absolute Gasteiger partial charge is 0.0346 e. The van der Waals surface area contributed by atoms with Crippen LogP contribution in [0.3, 0.4) is 0 Å². The van der Waals surface area contributed by atoms with Crippen LogP contribution in [0.4, 0.5) is 5.69 Å². The minimum Gasteiger partial charge on any atom is -0.399 e. The van der Waals surface area contributed by atoms with Crippen LogP contribution in [0.15, 0.2) is 18.2 Å². The highest BCUT2D eigenvalue weighted by atomic mass is 14.9. The average molecular weight is 204 g/mol. The van der Waals surface area contributed by atoms with Gasteiger partial charge in [-0.1, -0.05) is 12.1 Å². The summed E-state index contributed by atoms with van der Waals surface area (Å²) in [5.41, 5.74) is 9.40. The van der Waals surface area contributed by atoms with E-state index in [2.05, 4.69) is 30.4 Å². The average Bonchev–Trinajstić information content (AvgIpc) is 2.25. The van der Waals surface area contributed by atoms with Gasteiger partial charge in [0.1, 0.15) is 0 Å². The molecule has 1 fully saturated rings. The van der Waals surface area contributed by atoms with Crippen molar-refractivity contribution >= 4 is 5.69 Å². The molecule has 3 N–H and O–H groups in total. The van der Waals surface area contributed by atoms with E-state index >= 15 is 0 Å². The highest BCUT2D eigenvalue weighted by Gasteiger charge is 2.13. The Morgan fingerprint density at radius 1 is 1.47 bits per heavy atom. The number of nitrogen functional groups attached to an aromatic ring is 1. The fourth-order valence-corrected chi connectivity index (χ4v) is 2.25. The normalized spacial score (nSPS) is 21.5. The molecule has 0 radical (unpaired) electrons. The van der Waals surface area contributed by atoms with Crippen LogP contribution in [-0.4, -0.2) is 13.1 Å². The first-order chi connectivity index (χ1) is 7.25. The van der Waals surface area contributed by atoms with Gasteiger partial charge in [0.05, 0.1) is 0 Å². The standard InChI is InChI=1S/C13H20N2/c1-10-4-5-11(8-13(10)14)7-12-3-2-6-15-9-12/h4-5,8,12,15H,2-3,6-7,9,14H2,1H3. The molecule has 1 aromatic carbocycles. The molecule has 0 bridgehead atoms. The molecule has 1 aromatic rings. The lowest BCUT2D eigenvalue weighted by molar-refractivity contribution is 0.376. The van der Waals surface area contributed by atoms with Gasteiger partial charge in [0.15, 0.2) is 0 Å². The summed E-state index contributed by atoms with van der Waals surface area (Å²) in [5, 5.41) is 3.45. The van der Waals surface area contributed by atoms with Crippen molar-refractivity contribution in [3.63, 3.8) is 0 Å². The Bertz CT molecular complexity index is 327. The summed E-state index contributed by atoms with van der Waals surface area (Å²) in [6.07, 6.45) is 3.82. The van der Waals surface area contributed by atoms with E-state index in [1.54, 1.807) is 0 Å².